The number of ether oxygens (including phenoxy) is 1. The lowest BCUT2D eigenvalue weighted by Gasteiger charge is -2.31. The Morgan fingerprint density at radius 2 is 1.90 bits per heavy atom. The lowest BCUT2D eigenvalue weighted by Crippen LogP contribution is -2.34. The molecule has 0 radical (unpaired) electrons. The summed E-state index contributed by atoms with van der Waals surface area (Å²) in [6, 6.07) is 4.10. The Kier molecular flexibility index (Phi) is 4.07. The zero-order valence-corrected chi connectivity index (χ0v) is 12.8. The molecule has 1 aromatic carbocycles. The quantitative estimate of drug-likeness (QED) is 0.903. The second kappa shape index (κ2) is 5.47. The highest BCUT2D eigenvalue weighted by molar-refractivity contribution is 5.84. The van der Waals surface area contributed by atoms with E-state index in [0.717, 1.165) is 35.3 Å². The Morgan fingerprint density at radius 1 is 1.30 bits per heavy atom. The van der Waals surface area contributed by atoms with Crippen LogP contribution < -0.4 is 4.74 Å². The molecule has 0 spiro atoms. The van der Waals surface area contributed by atoms with Crippen LogP contribution in [0.5, 0.6) is 5.75 Å². The van der Waals surface area contributed by atoms with Crippen LogP contribution in [0, 0.1) is 6.92 Å². The molecule has 20 heavy (non-hydrogen) atoms. The Balaban J connectivity index is 2.75. The molecule has 0 saturated heterocycles. The number of hydrogen-bond acceptors (Lipinski definition) is 2. The van der Waals surface area contributed by atoms with Gasteiger partial charge >= 0.3 is 5.97 Å². The number of carboxylic acids is 1. The largest absolute Gasteiger partial charge is 0.496 e. The van der Waals surface area contributed by atoms with Crippen LogP contribution in [0.25, 0.3) is 0 Å². The molecule has 110 valence electrons. The van der Waals surface area contributed by atoms with Crippen LogP contribution >= 0.6 is 0 Å². The minimum atomic E-state index is -0.767. The molecule has 1 saturated carbocycles. The van der Waals surface area contributed by atoms with Crippen molar-refractivity contribution in [1.82, 2.24) is 0 Å². The van der Waals surface area contributed by atoms with E-state index in [-0.39, 0.29) is 5.92 Å². The first kappa shape index (κ1) is 14.9. The van der Waals surface area contributed by atoms with E-state index in [1.165, 1.54) is 0 Å². The Hall–Kier alpha value is -1.51. The monoisotopic (exact) mass is 276 g/mol. The van der Waals surface area contributed by atoms with Crippen molar-refractivity contribution in [3.63, 3.8) is 0 Å². The highest BCUT2D eigenvalue weighted by Crippen LogP contribution is 2.48. The predicted molar refractivity (Wildman–Crippen MR) is 79.6 cm³/mol. The van der Waals surface area contributed by atoms with Crippen molar-refractivity contribution in [1.29, 1.82) is 0 Å². The summed E-state index contributed by atoms with van der Waals surface area (Å²) in [5, 5.41) is 9.88. The second-order valence-corrected chi connectivity index (χ2v) is 6.13. The molecule has 3 nitrogen and oxygen atoms in total. The molecular weight excluding hydrogens is 252 g/mol. The number of aliphatic carboxylic acids is 1. The van der Waals surface area contributed by atoms with Gasteiger partial charge in [0.15, 0.2) is 0 Å². The molecule has 2 rings (SSSR count). The molecule has 0 bridgehead atoms. The maximum Gasteiger partial charge on any atom is 0.314 e. The maximum atomic E-state index is 12.0. The molecule has 1 aliphatic rings. The molecule has 0 aliphatic heterocycles. The average Bonchev–Trinajstić information content (AvgIpc) is 2.88. The second-order valence-electron chi connectivity index (χ2n) is 6.13. The summed E-state index contributed by atoms with van der Waals surface area (Å²) >= 11 is 0. The zero-order valence-electron chi connectivity index (χ0n) is 12.8. The van der Waals surface area contributed by atoms with Crippen LogP contribution in [0.1, 0.15) is 62.1 Å². The molecule has 3 heteroatoms. The van der Waals surface area contributed by atoms with Crippen molar-refractivity contribution in [2.45, 2.75) is 57.8 Å². The predicted octanol–water partition coefficient (Wildman–Crippen LogP) is 4.02. The topological polar surface area (TPSA) is 46.5 Å². The van der Waals surface area contributed by atoms with Crippen molar-refractivity contribution >= 4 is 5.97 Å². The summed E-state index contributed by atoms with van der Waals surface area (Å²) in [5.41, 5.74) is 2.27. The average molecular weight is 276 g/mol. The van der Waals surface area contributed by atoms with E-state index in [9.17, 15) is 9.90 Å². The third-order valence-electron chi connectivity index (χ3n) is 4.56. The summed E-state index contributed by atoms with van der Waals surface area (Å²) in [6.45, 7) is 6.20. The van der Waals surface area contributed by atoms with Gasteiger partial charge in [-0.05, 0) is 36.8 Å². The zero-order chi connectivity index (χ0) is 14.9. The Morgan fingerprint density at radius 3 is 2.35 bits per heavy atom. The number of aryl methyl sites for hydroxylation is 1. The third kappa shape index (κ3) is 2.19. The highest BCUT2D eigenvalue weighted by Gasteiger charge is 2.46. The summed E-state index contributed by atoms with van der Waals surface area (Å²) in [4.78, 5) is 12.0. The molecule has 1 aromatic rings. The van der Waals surface area contributed by atoms with Gasteiger partial charge in [0, 0.05) is 5.56 Å². The van der Waals surface area contributed by atoms with Gasteiger partial charge in [0.2, 0.25) is 0 Å². The molecule has 0 amide bonds. The Labute approximate surface area is 121 Å². The minimum absolute atomic E-state index is 0.288. The minimum Gasteiger partial charge on any atom is -0.496 e. The molecule has 0 heterocycles. The summed E-state index contributed by atoms with van der Waals surface area (Å²) in [7, 11) is 1.64. The van der Waals surface area contributed by atoms with Gasteiger partial charge in [-0.1, -0.05) is 38.8 Å². The van der Waals surface area contributed by atoms with E-state index in [0.29, 0.717) is 12.8 Å². The van der Waals surface area contributed by atoms with E-state index in [4.69, 9.17) is 4.74 Å². The standard InChI is InChI=1S/C17H24O3/c1-11(2)13-8-7-12(3)15(20-4)14(13)17(16(18)19)9-5-6-10-17/h7-8,11H,5-6,9-10H2,1-4H3,(H,18,19). The van der Waals surface area contributed by atoms with Gasteiger partial charge < -0.3 is 9.84 Å². The SMILES string of the molecule is COc1c(C)ccc(C(C)C)c1C1(C(=O)O)CCCC1. The van der Waals surface area contributed by atoms with Crippen LogP contribution in [0.15, 0.2) is 12.1 Å². The van der Waals surface area contributed by atoms with Gasteiger partial charge in [0.05, 0.1) is 12.5 Å². The van der Waals surface area contributed by atoms with Crippen molar-refractivity contribution in [3.8, 4) is 5.75 Å². The molecule has 1 fully saturated rings. The van der Waals surface area contributed by atoms with Crippen LogP contribution in [0.3, 0.4) is 0 Å². The fraction of sp³-hybridized carbons (Fsp3) is 0.588. The van der Waals surface area contributed by atoms with Crippen molar-refractivity contribution in [2.75, 3.05) is 7.11 Å². The normalized spacial score (nSPS) is 17.4. The van der Waals surface area contributed by atoms with Crippen LogP contribution in [-0.2, 0) is 10.2 Å². The smallest absolute Gasteiger partial charge is 0.314 e. The molecule has 0 aromatic heterocycles. The molecule has 0 atom stereocenters. The number of methoxy groups -OCH3 is 1. The van der Waals surface area contributed by atoms with Crippen molar-refractivity contribution < 1.29 is 14.6 Å². The van der Waals surface area contributed by atoms with E-state index in [2.05, 4.69) is 19.9 Å². The van der Waals surface area contributed by atoms with Gasteiger partial charge in [-0.2, -0.15) is 0 Å². The number of carbonyl (C=O) groups is 1. The van der Waals surface area contributed by atoms with Crippen LogP contribution in [0.2, 0.25) is 0 Å². The van der Waals surface area contributed by atoms with Crippen LogP contribution in [0.4, 0.5) is 0 Å². The van der Waals surface area contributed by atoms with Gasteiger partial charge in [-0.15, -0.1) is 0 Å². The highest BCUT2D eigenvalue weighted by atomic mass is 16.5. The number of benzene rings is 1. The maximum absolute atomic E-state index is 12.0. The summed E-state index contributed by atoms with van der Waals surface area (Å²) < 4.78 is 5.59. The lowest BCUT2D eigenvalue weighted by atomic mass is 9.73. The fourth-order valence-corrected chi connectivity index (χ4v) is 3.49. The lowest BCUT2D eigenvalue weighted by molar-refractivity contribution is -0.143. The first-order valence-corrected chi connectivity index (χ1v) is 7.35. The first-order chi connectivity index (χ1) is 9.44. The van der Waals surface area contributed by atoms with E-state index in [1.807, 2.05) is 13.0 Å². The van der Waals surface area contributed by atoms with Gasteiger partial charge in [-0.25, -0.2) is 0 Å². The molecule has 1 aliphatic carbocycles. The van der Waals surface area contributed by atoms with Crippen molar-refractivity contribution in [3.05, 3.63) is 28.8 Å². The van der Waals surface area contributed by atoms with Gasteiger partial charge in [0.25, 0.3) is 0 Å². The van der Waals surface area contributed by atoms with Gasteiger partial charge in [0.1, 0.15) is 5.75 Å². The van der Waals surface area contributed by atoms with Gasteiger partial charge in [-0.3, -0.25) is 4.79 Å². The summed E-state index contributed by atoms with van der Waals surface area (Å²) in [6.07, 6.45) is 3.37. The molecular formula is C17H24O3. The van der Waals surface area contributed by atoms with Crippen molar-refractivity contribution in [2.24, 2.45) is 0 Å². The third-order valence-corrected chi connectivity index (χ3v) is 4.56. The fourth-order valence-electron chi connectivity index (χ4n) is 3.49. The number of hydrogen-bond donors (Lipinski definition) is 1. The Bertz CT molecular complexity index is 511. The number of rotatable bonds is 4. The number of carboxylic acid groups (broad SMARTS) is 1. The van der Waals surface area contributed by atoms with E-state index >= 15 is 0 Å². The van der Waals surface area contributed by atoms with E-state index < -0.39 is 11.4 Å². The van der Waals surface area contributed by atoms with Crippen LogP contribution in [-0.4, -0.2) is 18.2 Å². The molecule has 1 N–H and O–H groups in total. The van der Waals surface area contributed by atoms with E-state index in [1.54, 1.807) is 7.11 Å². The molecule has 0 unspecified atom stereocenters. The summed E-state index contributed by atoms with van der Waals surface area (Å²) in [5.74, 6) is 0.345. The first-order valence-electron chi connectivity index (χ1n) is 7.35.